The number of hydrogen-bond donors (Lipinski definition) is 1. The average Bonchev–Trinajstić information content (AvgIpc) is 2.79. The molecule has 0 unspecified atom stereocenters. The van der Waals surface area contributed by atoms with Gasteiger partial charge in [0, 0.05) is 12.7 Å². The van der Waals surface area contributed by atoms with E-state index in [2.05, 4.69) is 10.3 Å². The van der Waals surface area contributed by atoms with E-state index in [0.717, 1.165) is 11.1 Å². The first kappa shape index (κ1) is 13.0. The van der Waals surface area contributed by atoms with Gasteiger partial charge in [0.05, 0.1) is 4.88 Å². The molecule has 0 radical (unpaired) electrons. The van der Waals surface area contributed by atoms with Crippen molar-refractivity contribution in [1.82, 2.24) is 10.3 Å². The van der Waals surface area contributed by atoms with Crippen LogP contribution in [-0.2, 0) is 12.7 Å². The fourth-order valence-electron chi connectivity index (χ4n) is 1.63. The van der Waals surface area contributed by atoms with Gasteiger partial charge in [-0.3, -0.25) is 0 Å². The summed E-state index contributed by atoms with van der Waals surface area (Å²) in [6, 6.07) is 7.36. The molecule has 0 aliphatic carbocycles. The van der Waals surface area contributed by atoms with E-state index in [9.17, 15) is 13.2 Å². The molecule has 0 saturated carbocycles. The van der Waals surface area contributed by atoms with E-state index in [1.807, 2.05) is 18.2 Å². The highest BCUT2D eigenvalue weighted by atomic mass is 32.1. The van der Waals surface area contributed by atoms with E-state index < -0.39 is 11.2 Å². The molecule has 18 heavy (non-hydrogen) atoms. The zero-order chi connectivity index (χ0) is 13.2. The number of hydrogen-bond acceptors (Lipinski definition) is 3. The standard InChI is InChI=1S/C12H11F3N2S/c1-16-6-8-4-2-3-5-9(8)10-7-17-11(18-10)12(13,14)15/h2-5,7,16H,6H2,1H3. The molecule has 2 nitrogen and oxygen atoms in total. The number of rotatable bonds is 3. The van der Waals surface area contributed by atoms with Gasteiger partial charge in [-0.05, 0) is 18.2 Å². The van der Waals surface area contributed by atoms with Gasteiger partial charge >= 0.3 is 6.18 Å². The molecule has 0 aliphatic heterocycles. The molecule has 2 rings (SSSR count). The molecule has 1 N–H and O–H groups in total. The second-order valence-electron chi connectivity index (χ2n) is 3.71. The second-order valence-corrected chi connectivity index (χ2v) is 4.75. The molecular formula is C12H11F3N2S. The van der Waals surface area contributed by atoms with Crippen LogP contribution in [0.4, 0.5) is 13.2 Å². The summed E-state index contributed by atoms with van der Waals surface area (Å²) in [5.41, 5.74) is 1.75. The van der Waals surface area contributed by atoms with Crippen LogP contribution in [0.25, 0.3) is 10.4 Å². The van der Waals surface area contributed by atoms with E-state index in [4.69, 9.17) is 0 Å². The highest BCUT2D eigenvalue weighted by Gasteiger charge is 2.34. The van der Waals surface area contributed by atoms with Crippen LogP contribution in [-0.4, -0.2) is 12.0 Å². The van der Waals surface area contributed by atoms with Crippen LogP contribution >= 0.6 is 11.3 Å². The average molecular weight is 272 g/mol. The number of nitrogens with zero attached hydrogens (tertiary/aromatic N) is 1. The predicted molar refractivity (Wildman–Crippen MR) is 65.3 cm³/mol. The third-order valence-electron chi connectivity index (χ3n) is 2.40. The Kier molecular flexibility index (Phi) is 3.68. The minimum atomic E-state index is -4.37. The Morgan fingerprint density at radius 2 is 2.00 bits per heavy atom. The van der Waals surface area contributed by atoms with Gasteiger partial charge < -0.3 is 5.32 Å². The molecule has 0 bridgehead atoms. The van der Waals surface area contributed by atoms with Gasteiger partial charge in [0.2, 0.25) is 0 Å². The Morgan fingerprint density at radius 3 is 2.61 bits per heavy atom. The topological polar surface area (TPSA) is 24.9 Å². The van der Waals surface area contributed by atoms with Crippen LogP contribution in [0.15, 0.2) is 30.5 Å². The number of halogens is 3. The molecule has 0 amide bonds. The molecule has 0 spiro atoms. The number of benzene rings is 1. The SMILES string of the molecule is CNCc1ccccc1-c1cnc(C(F)(F)F)s1. The van der Waals surface area contributed by atoms with Gasteiger partial charge in [-0.25, -0.2) is 4.98 Å². The molecule has 96 valence electrons. The Hall–Kier alpha value is -1.40. The summed E-state index contributed by atoms with van der Waals surface area (Å²) in [4.78, 5) is 3.97. The number of nitrogens with one attached hydrogen (secondary N) is 1. The smallest absolute Gasteiger partial charge is 0.316 e. The fourth-order valence-corrected chi connectivity index (χ4v) is 2.48. The summed E-state index contributed by atoms with van der Waals surface area (Å²) in [6.45, 7) is 0.607. The lowest BCUT2D eigenvalue weighted by molar-refractivity contribution is -0.137. The Labute approximate surface area is 106 Å². The van der Waals surface area contributed by atoms with Crippen LogP contribution in [0, 0.1) is 0 Å². The van der Waals surface area contributed by atoms with Crippen molar-refractivity contribution in [3.8, 4) is 10.4 Å². The van der Waals surface area contributed by atoms with Crippen molar-refractivity contribution in [2.24, 2.45) is 0 Å². The largest absolute Gasteiger partial charge is 0.443 e. The first-order chi connectivity index (χ1) is 8.52. The van der Waals surface area contributed by atoms with Crippen LogP contribution < -0.4 is 5.32 Å². The van der Waals surface area contributed by atoms with E-state index in [1.54, 1.807) is 13.1 Å². The summed E-state index contributed by atoms with van der Waals surface area (Å²) < 4.78 is 37.5. The first-order valence-corrected chi connectivity index (χ1v) is 6.10. The van der Waals surface area contributed by atoms with Crippen LogP contribution in [0.2, 0.25) is 0 Å². The first-order valence-electron chi connectivity index (χ1n) is 5.28. The summed E-state index contributed by atoms with van der Waals surface area (Å²) in [7, 11) is 1.80. The van der Waals surface area contributed by atoms with Crippen LogP contribution in [0.5, 0.6) is 0 Å². The molecule has 1 aromatic carbocycles. The van der Waals surface area contributed by atoms with Gasteiger partial charge in [-0.1, -0.05) is 24.3 Å². The van der Waals surface area contributed by atoms with Crippen molar-refractivity contribution in [2.45, 2.75) is 12.7 Å². The maximum absolute atomic E-state index is 12.5. The predicted octanol–water partition coefficient (Wildman–Crippen LogP) is 3.55. The lowest BCUT2D eigenvalue weighted by Crippen LogP contribution is -2.05. The van der Waals surface area contributed by atoms with Crippen molar-refractivity contribution < 1.29 is 13.2 Å². The third-order valence-corrected chi connectivity index (χ3v) is 3.47. The van der Waals surface area contributed by atoms with Gasteiger partial charge in [0.1, 0.15) is 0 Å². The quantitative estimate of drug-likeness (QED) is 0.924. The number of alkyl halides is 3. The zero-order valence-corrected chi connectivity index (χ0v) is 10.4. The maximum Gasteiger partial charge on any atom is 0.443 e. The van der Waals surface area contributed by atoms with E-state index in [1.165, 1.54) is 6.20 Å². The number of thiazole rings is 1. The van der Waals surface area contributed by atoms with Gasteiger partial charge in [-0.2, -0.15) is 13.2 Å². The Balaban J connectivity index is 2.40. The van der Waals surface area contributed by atoms with E-state index >= 15 is 0 Å². The van der Waals surface area contributed by atoms with Gasteiger partial charge in [-0.15, -0.1) is 11.3 Å². The molecule has 2 aromatic rings. The van der Waals surface area contributed by atoms with Crippen molar-refractivity contribution in [3.05, 3.63) is 41.0 Å². The molecule has 0 atom stereocenters. The Morgan fingerprint density at radius 1 is 1.28 bits per heavy atom. The highest BCUT2D eigenvalue weighted by molar-refractivity contribution is 7.15. The molecule has 1 heterocycles. The molecule has 0 saturated heterocycles. The van der Waals surface area contributed by atoms with Crippen molar-refractivity contribution in [2.75, 3.05) is 7.05 Å². The lowest BCUT2D eigenvalue weighted by Gasteiger charge is -2.06. The van der Waals surface area contributed by atoms with Crippen molar-refractivity contribution >= 4 is 11.3 Å². The highest BCUT2D eigenvalue weighted by Crippen LogP contribution is 2.37. The summed E-state index contributed by atoms with van der Waals surface area (Å²) in [5, 5.41) is 2.18. The van der Waals surface area contributed by atoms with Gasteiger partial charge in [0.15, 0.2) is 5.01 Å². The molecule has 6 heteroatoms. The summed E-state index contributed by atoms with van der Waals surface area (Å²) in [5.74, 6) is 0. The summed E-state index contributed by atoms with van der Waals surface area (Å²) >= 11 is 0.669. The van der Waals surface area contributed by atoms with Crippen LogP contribution in [0.1, 0.15) is 10.6 Å². The molecule has 0 fully saturated rings. The monoisotopic (exact) mass is 272 g/mol. The number of aromatic nitrogens is 1. The van der Waals surface area contributed by atoms with Crippen molar-refractivity contribution in [3.63, 3.8) is 0 Å². The minimum absolute atomic E-state index is 0.535. The fraction of sp³-hybridized carbons (Fsp3) is 0.250. The second kappa shape index (κ2) is 5.07. The van der Waals surface area contributed by atoms with Crippen LogP contribution in [0.3, 0.4) is 0 Å². The minimum Gasteiger partial charge on any atom is -0.316 e. The van der Waals surface area contributed by atoms with Gasteiger partial charge in [0.25, 0.3) is 0 Å². The summed E-state index contributed by atoms with van der Waals surface area (Å²) in [6.07, 6.45) is -3.09. The normalized spacial score (nSPS) is 11.8. The van der Waals surface area contributed by atoms with Crippen molar-refractivity contribution in [1.29, 1.82) is 0 Å². The molecule has 1 aromatic heterocycles. The third kappa shape index (κ3) is 2.70. The molecule has 0 aliphatic rings. The maximum atomic E-state index is 12.5. The van der Waals surface area contributed by atoms with E-state index in [0.29, 0.717) is 22.8 Å². The Bertz CT molecular complexity index is 534. The zero-order valence-electron chi connectivity index (χ0n) is 9.58. The molecular weight excluding hydrogens is 261 g/mol. The lowest BCUT2D eigenvalue weighted by atomic mass is 10.1. The van der Waals surface area contributed by atoms with E-state index in [-0.39, 0.29) is 0 Å².